The van der Waals surface area contributed by atoms with Gasteiger partial charge in [0.25, 0.3) is 0 Å². The Hall–Kier alpha value is -2.16. The highest BCUT2D eigenvalue weighted by Gasteiger charge is 2.09. The lowest BCUT2D eigenvalue weighted by atomic mass is 10.1. The van der Waals surface area contributed by atoms with Crippen LogP contribution < -0.4 is 15.4 Å². The van der Waals surface area contributed by atoms with Gasteiger partial charge in [0.05, 0.1) is 7.11 Å². The molecule has 0 heterocycles. The lowest BCUT2D eigenvalue weighted by molar-refractivity contribution is 0.415. The third-order valence-electron chi connectivity index (χ3n) is 3.15. The van der Waals surface area contributed by atoms with Crippen molar-refractivity contribution in [3.8, 4) is 5.75 Å². The molecule has 0 bridgehead atoms. The summed E-state index contributed by atoms with van der Waals surface area (Å²) in [7, 11) is 3.70. The van der Waals surface area contributed by atoms with E-state index in [1.54, 1.807) is 7.11 Å². The predicted molar refractivity (Wildman–Crippen MR) is 76.6 cm³/mol. The number of rotatable bonds is 3. The van der Waals surface area contributed by atoms with Crippen molar-refractivity contribution in [3.63, 3.8) is 0 Å². The second kappa shape index (κ2) is 5.00. The van der Waals surface area contributed by atoms with E-state index in [-0.39, 0.29) is 0 Å². The molecule has 0 aliphatic carbocycles. The van der Waals surface area contributed by atoms with Crippen LogP contribution in [0.3, 0.4) is 0 Å². The first kappa shape index (κ1) is 12.3. The first-order valence-electron chi connectivity index (χ1n) is 5.86. The maximum absolute atomic E-state index is 5.94. The fourth-order valence-corrected chi connectivity index (χ4v) is 1.96. The lowest BCUT2D eigenvalue weighted by Gasteiger charge is -2.22. The highest BCUT2D eigenvalue weighted by molar-refractivity contribution is 5.71. The summed E-state index contributed by atoms with van der Waals surface area (Å²) in [5.74, 6) is 0.848. The molecule has 0 spiro atoms. The summed E-state index contributed by atoms with van der Waals surface area (Å²) in [6.07, 6.45) is 0. The van der Waals surface area contributed by atoms with Gasteiger partial charge in [-0.25, -0.2) is 0 Å². The van der Waals surface area contributed by atoms with E-state index in [2.05, 4.69) is 11.0 Å². The van der Waals surface area contributed by atoms with E-state index in [1.807, 2.05) is 50.4 Å². The van der Waals surface area contributed by atoms with Crippen LogP contribution in [0.1, 0.15) is 5.56 Å². The molecule has 0 aliphatic rings. The Labute approximate surface area is 108 Å². The number of methoxy groups -OCH3 is 1. The van der Waals surface area contributed by atoms with Crippen molar-refractivity contribution in [3.05, 3.63) is 48.0 Å². The predicted octanol–water partition coefficient (Wildman–Crippen LogP) is 3.35. The maximum atomic E-state index is 5.94. The van der Waals surface area contributed by atoms with Gasteiger partial charge in [-0.15, -0.1) is 0 Å². The molecule has 3 nitrogen and oxygen atoms in total. The molecule has 18 heavy (non-hydrogen) atoms. The Morgan fingerprint density at radius 3 is 2.56 bits per heavy atom. The summed E-state index contributed by atoms with van der Waals surface area (Å²) >= 11 is 0. The van der Waals surface area contributed by atoms with Crippen molar-refractivity contribution in [2.24, 2.45) is 0 Å². The lowest BCUT2D eigenvalue weighted by Crippen LogP contribution is -2.11. The van der Waals surface area contributed by atoms with Gasteiger partial charge in [-0.05, 0) is 36.8 Å². The van der Waals surface area contributed by atoms with Crippen LogP contribution in [0, 0.1) is 6.92 Å². The molecular weight excluding hydrogens is 224 g/mol. The van der Waals surface area contributed by atoms with Crippen LogP contribution in [0.4, 0.5) is 17.1 Å². The first-order chi connectivity index (χ1) is 8.63. The highest BCUT2D eigenvalue weighted by atomic mass is 16.5. The Balaban J connectivity index is 2.41. The van der Waals surface area contributed by atoms with Crippen LogP contribution in [-0.4, -0.2) is 14.2 Å². The molecule has 94 valence electrons. The van der Waals surface area contributed by atoms with E-state index >= 15 is 0 Å². The van der Waals surface area contributed by atoms with Gasteiger partial charge in [-0.2, -0.15) is 0 Å². The molecule has 2 aromatic carbocycles. The normalized spacial score (nSPS) is 10.2. The minimum atomic E-state index is 0.808. The van der Waals surface area contributed by atoms with Crippen LogP contribution in [0.5, 0.6) is 5.75 Å². The highest BCUT2D eigenvalue weighted by Crippen LogP contribution is 2.31. The third-order valence-corrected chi connectivity index (χ3v) is 3.15. The number of benzene rings is 2. The molecule has 3 heteroatoms. The molecule has 2 N–H and O–H groups in total. The average molecular weight is 242 g/mol. The van der Waals surface area contributed by atoms with Crippen LogP contribution in [-0.2, 0) is 0 Å². The molecule has 0 aliphatic heterocycles. The van der Waals surface area contributed by atoms with Gasteiger partial charge in [0.2, 0.25) is 0 Å². The fourth-order valence-electron chi connectivity index (χ4n) is 1.96. The van der Waals surface area contributed by atoms with Crippen LogP contribution in [0.15, 0.2) is 42.5 Å². The molecule has 0 saturated heterocycles. The molecule has 0 fully saturated rings. The van der Waals surface area contributed by atoms with Crippen LogP contribution in [0.2, 0.25) is 0 Å². The molecular formula is C15H18N2O. The summed E-state index contributed by atoms with van der Waals surface area (Å²) < 4.78 is 5.24. The van der Waals surface area contributed by atoms with Gasteiger partial charge < -0.3 is 15.4 Å². The molecule has 0 aromatic heterocycles. The number of anilines is 3. The summed E-state index contributed by atoms with van der Waals surface area (Å²) in [6, 6.07) is 13.9. The van der Waals surface area contributed by atoms with Crippen molar-refractivity contribution < 1.29 is 4.74 Å². The molecule has 0 radical (unpaired) electrons. The minimum absolute atomic E-state index is 0.808. The molecule has 0 saturated carbocycles. The Bertz CT molecular complexity index is 552. The van der Waals surface area contributed by atoms with E-state index in [0.717, 1.165) is 28.4 Å². The third kappa shape index (κ3) is 2.25. The zero-order chi connectivity index (χ0) is 13.1. The zero-order valence-electron chi connectivity index (χ0n) is 11.0. The maximum Gasteiger partial charge on any atom is 0.120 e. The van der Waals surface area contributed by atoms with Gasteiger partial charge in [0.15, 0.2) is 0 Å². The number of nitrogen functional groups attached to an aromatic ring is 1. The monoisotopic (exact) mass is 242 g/mol. The molecule has 0 amide bonds. The standard InChI is InChI=1S/C15H18N2O/c1-11-14(16)8-5-9-15(11)17(2)12-6-4-7-13(10-12)18-3/h4-10H,16H2,1-3H3. The summed E-state index contributed by atoms with van der Waals surface area (Å²) in [5.41, 5.74) is 10.0. The molecule has 0 unspecified atom stereocenters. The number of nitrogens with two attached hydrogens (primary N) is 1. The van der Waals surface area contributed by atoms with Crippen molar-refractivity contribution in [2.45, 2.75) is 6.92 Å². The van der Waals surface area contributed by atoms with Gasteiger partial charge in [0, 0.05) is 30.2 Å². The first-order valence-corrected chi connectivity index (χ1v) is 5.86. The number of nitrogens with zero attached hydrogens (tertiary/aromatic N) is 1. The van der Waals surface area contributed by atoms with E-state index in [4.69, 9.17) is 10.5 Å². The fraction of sp³-hybridized carbons (Fsp3) is 0.200. The number of hydrogen-bond acceptors (Lipinski definition) is 3. The Kier molecular flexibility index (Phi) is 3.42. The Morgan fingerprint density at radius 1 is 1.11 bits per heavy atom. The van der Waals surface area contributed by atoms with Gasteiger partial charge >= 0.3 is 0 Å². The molecule has 0 atom stereocenters. The average Bonchev–Trinajstić information content (AvgIpc) is 2.41. The van der Waals surface area contributed by atoms with Crippen LogP contribution >= 0.6 is 0 Å². The van der Waals surface area contributed by atoms with Gasteiger partial charge in [-0.3, -0.25) is 0 Å². The second-order valence-corrected chi connectivity index (χ2v) is 4.25. The summed E-state index contributed by atoms with van der Waals surface area (Å²) in [4.78, 5) is 2.11. The van der Waals surface area contributed by atoms with E-state index < -0.39 is 0 Å². The van der Waals surface area contributed by atoms with Gasteiger partial charge in [-0.1, -0.05) is 12.1 Å². The van der Waals surface area contributed by atoms with Gasteiger partial charge in [0.1, 0.15) is 5.75 Å². The zero-order valence-corrected chi connectivity index (χ0v) is 11.0. The summed E-state index contributed by atoms with van der Waals surface area (Å²) in [6.45, 7) is 2.03. The van der Waals surface area contributed by atoms with Crippen molar-refractivity contribution in [1.29, 1.82) is 0 Å². The molecule has 2 aromatic rings. The van der Waals surface area contributed by atoms with Crippen molar-refractivity contribution >= 4 is 17.1 Å². The number of hydrogen-bond donors (Lipinski definition) is 1. The van der Waals surface area contributed by atoms with Crippen molar-refractivity contribution in [1.82, 2.24) is 0 Å². The Morgan fingerprint density at radius 2 is 1.83 bits per heavy atom. The summed E-state index contributed by atoms with van der Waals surface area (Å²) in [5, 5.41) is 0. The van der Waals surface area contributed by atoms with Crippen LogP contribution in [0.25, 0.3) is 0 Å². The quantitative estimate of drug-likeness (QED) is 0.839. The minimum Gasteiger partial charge on any atom is -0.497 e. The second-order valence-electron chi connectivity index (χ2n) is 4.25. The topological polar surface area (TPSA) is 38.5 Å². The smallest absolute Gasteiger partial charge is 0.120 e. The van der Waals surface area contributed by atoms with E-state index in [0.29, 0.717) is 0 Å². The molecule has 2 rings (SSSR count). The van der Waals surface area contributed by atoms with E-state index in [1.165, 1.54) is 0 Å². The number of ether oxygens (including phenoxy) is 1. The largest absolute Gasteiger partial charge is 0.497 e. The van der Waals surface area contributed by atoms with Crippen molar-refractivity contribution in [2.75, 3.05) is 24.8 Å². The van der Waals surface area contributed by atoms with E-state index in [9.17, 15) is 0 Å². The SMILES string of the molecule is COc1cccc(N(C)c2cccc(N)c2C)c1.